The third-order valence-electron chi connectivity index (χ3n) is 5.10. The Morgan fingerprint density at radius 1 is 1.06 bits per heavy atom. The van der Waals surface area contributed by atoms with Crippen LogP contribution in [0.2, 0.25) is 10.0 Å². The van der Waals surface area contributed by atoms with Crippen molar-refractivity contribution in [1.29, 1.82) is 0 Å². The molecule has 1 aromatic heterocycles. The Morgan fingerprint density at radius 2 is 1.79 bits per heavy atom. The lowest BCUT2D eigenvalue weighted by Gasteiger charge is -2.18. The topological polar surface area (TPSA) is 69.0 Å². The van der Waals surface area contributed by atoms with E-state index in [4.69, 9.17) is 27.9 Å². The van der Waals surface area contributed by atoms with Gasteiger partial charge in [0, 0.05) is 10.8 Å². The summed E-state index contributed by atoms with van der Waals surface area (Å²) in [7, 11) is 1.53. The number of thioether (sulfide) groups is 1. The summed E-state index contributed by atoms with van der Waals surface area (Å²) in [6.07, 6.45) is 0. The van der Waals surface area contributed by atoms with Crippen molar-refractivity contribution in [2.45, 2.75) is 23.9 Å². The Morgan fingerprint density at radius 3 is 2.56 bits per heavy atom. The zero-order chi connectivity index (χ0) is 24.1. The van der Waals surface area contributed by atoms with Crippen molar-refractivity contribution in [3.05, 3.63) is 99.8 Å². The van der Waals surface area contributed by atoms with Crippen molar-refractivity contribution in [3.63, 3.8) is 0 Å². The van der Waals surface area contributed by atoms with Gasteiger partial charge in [0.15, 0.2) is 11.0 Å². The first kappa shape index (κ1) is 24.1. The van der Waals surface area contributed by atoms with E-state index < -0.39 is 6.04 Å². The second-order valence-corrected chi connectivity index (χ2v) is 9.23. The number of aromatic nitrogens is 3. The molecule has 0 spiro atoms. The fourth-order valence-corrected chi connectivity index (χ4v) is 4.71. The van der Waals surface area contributed by atoms with Gasteiger partial charge in [0.1, 0.15) is 5.75 Å². The van der Waals surface area contributed by atoms with Gasteiger partial charge in [0.05, 0.1) is 29.4 Å². The average molecular weight is 513 g/mol. The van der Waals surface area contributed by atoms with Gasteiger partial charge in [-0.3, -0.25) is 9.36 Å². The number of nitrogens with zero attached hydrogens (tertiary/aromatic N) is 3. The van der Waals surface area contributed by atoms with E-state index in [-0.39, 0.29) is 5.91 Å². The molecule has 0 bridgehead atoms. The summed E-state index contributed by atoms with van der Waals surface area (Å²) < 4.78 is 7.17. The van der Waals surface area contributed by atoms with Crippen molar-refractivity contribution in [2.24, 2.45) is 0 Å². The second-order valence-electron chi connectivity index (χ2n) is 7.44. The molecule has 0 saturated carbocycles. The Kier molecular flexibility index (Phi) is 7.77. The zero-order valence-corrected chi connectivity index (χ0v) is 20.9. The summed E-state index contributed by atoms with van der Waals surface area (Å²) >= 11 is 14.4. The molecule has 0 aliphatic rings. The van der Waals surface area contributed by atoms with E-state index in [1.54, 1.807) is 36.4 Å². The number of carbonyl (C=O) groups excluding carboxylic acids is 1. The molecule has 34 heavy (non-hydrogen) atoms. The van der Waals surface area contributed by atoms with E-state index in [0.29, 0.717) is 43.8 Å². The van der Waals surface area contributed by atoms with E-state index in [2.05, 4.69) is 27.6 Å². The van der Waals surface area contributed by atoms with Crippen LogP contribution in [0.5, 0.6) is 5.75 Å². The number of nitrogens with one attached hydrogen (secondary N) is 1. The molecular weight excluding hydrogens is 491 g/mol. The minimum absolute atomic E-state index is 0.282. The summed E-state index contributed by atoms with van der Waals surface area (Å²) in [5.74, 6) is 1.43. The molecule has 4 rings (SSSR count). The van der Waals surface area contributed by atoms with E-state index >= 15 is 0 Å². The van der Waals surface area contributed by atoms with Gasteiger partial charge in [-0.15, -0.1) is 10.2 Å². The second kappa shape index (κ2) is 11.0. The monoisotopic (exact) mass is 512 g/mol. The Bertz CT molecular complexity index is 1300. The summed E-state index contributed by atoms with van der Waals surface area (Å²) in [5.41, 5.74) is 2.23. The summed E-state index contributed by atoms with van der Waals surface area (Å²) in [5, 5.41) is 13.5. The van der Waals surface area contributed by atoms with Crippen LogP contribution in [0.25, 0.3) is 5.69 Å². The maximum Gasteiger partial charge on any atom is 0.255 e. The van der Waals surface area contributed by atoms with Crippen molar-refractivity contribution in [2.75, 3.05) is 7.11 Å². The highest BCUT2D eigenvalue weighted by Crippen LogP contribution is 2.32. The Hall–Kier alpha value is -3.00. The maximum absolute atomic E-state index is 13.0. The smallest absolute Gasteiger partial charge is 0.255 e. The van der Waals surface area contributed by atoms with Gasteiger partial charge in [0.25, 0.3) is 5.91 Å². The predicted molar refractivity (Wildman–Crippen MR) is 136 cm³/mol. The number of carbonyl (C=O) groups is 1. The van der Waals surface area contributed by atoms with Gasteiger partial charge in [-0.05, 0) is 42.8 Å². The zero-order valence-electron chi connectivity index (χ0n) is 18.5. The molecule has 1 heterocycles. The van der Waals surface area contributed by atoms with Crippen LogP contribution >= 0.6 is 35.0 Å². The standard InChI is InChI=1S/C25H22Cl2N4O2S/c1-16(28-24(32)19-10-6-7-11-22(19)33-2)23-29-30-25(34-15-17-8-4-3-5-9-17)31(23)21-14-18(26)12-13-20(21)27/h3-14,16H,15H2,1-2H3,(H,28,32). The fraction of sp³-hybridized carbons (Fsp3) is 0.160. The number of halogens is 2. The normalized spacial score (nSPS) is 11.8. The number of methoxy groups -OCH3 is 1. The highest BCUT2D eigenvalue weighted by atomic mass is 35.5. The molecule has 9 heteroatoms. The van der Waals surface area contributed by atoms with Gasteiger partial charge in [-0.1, -0.05) is 77.4 Å². The molecule has 0 aliphatic heterocycles. The van der Waals surface area contributed by atoms with Gasteiger partial charge >= 0.3 is 0 Å². The third kappa shape index (κ3) is 5.38. The highest BCUT2D eigenvalue weighted by molar-refractivity contribution is 7.98. The van der Waals surface area contributed by atoms with E-state index in [1.807, 2.05) is 35.8 Å². The summed E-state index contributed by atoms with van der Waals surface area (Å²) in [4.78, 5) is 13.0. The molecule has 6 nitrogen and oxygen atoms in total. The minimum atomic E-state index is -0.481. The van der Waals surface area contributed by atoms with Crippen LogP contribution in [0.1, 0.15) is 34.7 Å². The van der Waals surface area contributed by atoms with Crippen molar-refractivity contribution >= 4 is 40.9 Å². The van der Waals surface area contributed by atoms with Crippen LogP contribution < -0.4 is 10.1 Å². The van der Waals surface area contributed by atoms with E-state index in [0.717, 1.165) is 5.56 Å². The summed E-state index contributed by atoms with van der Waals surface area (Å²) in [6.45, 7) is 1.85. The van der Waals surface area contributed by atoms with Gasteiger partial charge in [-0.25, -0.2) is 0 Å². The van der Waals surface area contributed by atoms with Crippen LogP contribution in [0.3, 0.4) is 0 Å². The number of para-hydroxylation sites is 1. The molecule has 0 saturated heterocycles. The molecule has 1 N–H and O–H groups in total. The van der Waals surface area contributed by atoms with Gasteiger partial charge in [0.2, 0.25) is 0 Å². The molecular formula is C25H22Cl2N4O2S. The molecule has 0 aliphatic carbocycles. The van der Waals surface area contributed by atoms with E-state index in [1.165, 1.54) is 18.9 Å². The quantitative estimate of drug-likeness (QED) is 0.278. The largest absolute Gasteiger partial charge is 0.496 e. The van der Waals surface area contributed by atoms with Crippen LogP contribution in [-0.2, 0) is 5.75 Å². The lowest BCUT2D eigenvalue weighted by molar-refractivity contribution is 0.0935. The molecule has 0 fully saturated rings. The molecule has 1 atom stereocenters. The van der Waals surface area contributed by atoms with Crippen molar-refractivity contribution in [1.82, 2.24) is 20.1 Å². The minimum Gasteiger partial charge on any atom is -0.496 e. The molecule has 1 unspecified atom stereocenters. The number of ether oxygens (including phenoxy) is 1. The first-order valence-corrected chi connectivity index (χ1v) is 12.2. The van der Waals surface area contributed by atoms with Crippen LogP contribution in [-0.4, -0.2) is 27.8 Å². The number of hydrogen-bond donors (Lipinski definition) is 1. The lowest BCUT2D eigenvalue weighted by Crippen LogP contribution is -2.29. The molecule has 3 aromatic carbocycles. The molecule has 0 radical (unpaired) electrons. The van der Waals surface area contributed by atoms with Gasteiger partial charge in [-0.2, -0.15) is 0 Å². The first-order chi connectivity index (χ1) is 16.5. The van der Waals surface area contributed by atoms with E-state index in [9.17, 15) is 4.79 Å². The lowest BCUT2D eigenvalue weighted by atomic mass is 10.1. The Balaban J connectivity index is 1.68. The molecule has 4 aromatic rings. The molecule has 174 valence electrons. The number of hydrogen-bond acceptors (Lipinski definition) is 5. The van der Waals surface area contributed by atoms with Crippen LogP contribution in [0.15, 0.2) is 78.0 Å². The van der Waals surface area contributed by atoms with Crippen LogP contribution in [0.4, 0.5) is 0 Å². The number of rotatable bonds is 8. The predicted octanol–water partition coefficient (Wildman–Crippen LogP) is 6.37. The average Bonchev–Trinajstić information content (AvgIpc) is 3.28. The van der Waals surface area contributed by atoms with Crippen molar-refractivity contribution < 1.29 is 9.53 Å². The SMILES string of the molecule is COc1ccccc1C(=O)NC(C)c1nnc(SCc2ccccc2)n1-c1cc(Cl)ccc1Cl. The molecule has 1 amide bonds. The van der Waals surface area contributed by atoms with Crippen molar-refractivity contribution in [3.8, 4) is 11.4 Å². The maximum atomic E-state index is 13.0. The highest BCUT2D eigenvalue weighted by Gasteiger charge is 2.24. The first-order valence-electron chi connectivity index (χ1n) is 10.5. The van der Waals surface area contributed by atoms with Gasteiger partial charge < -0.3 is 10.1 Å². The number of benzene rings is 3. The van der Waals surface area contributed by atoms with Crippen LogP contribution in [0, 0.1) is 0 Å². The summed E-state index contributed by atoms with van der Waals surface area (Å²) in [6, 6.07) is 21.9. The third-order valence-corrected chi connectivity index (χ3v) is 6.66. The number of amides is 1. The fourth-order valence-electron chi connectivity index (χ4n) is 3.43. The Labute approximate surface area is 212 Å².